The first-order chi connectivity index (χ1) is 4.43. The van der Waals surface area contributed by atoms with E-state index in [1.165, 1.54) is 18.5 Å². The van der Waals surface area contributed by atoms with Crippen molar-refractivity contribution in [3.63, 3.8) is 0 Å². The van der Waals surface area contributed by atoms with Crippen molar-refractivity contribution in [2.24, 2.45) is 0 Å². The smallest absolute Gasteiger partial charge is 0.0146 e. The molecule has 1 heterocycles. The minimum Gasteiger partial charge on any atom is -0.388 e. The number of allylic oxidation sites excluding steroid dienone is 2. The Labute approximate surface area is 56.5 Å². The molecule has 50 valence electrons. The highest BCUT2D eigenvalue weighted by atomic mass is 14.9. The Kier molecular flexibility index (Phi) is 2.37. The molecule has 0 aromatic rings. The van der Waals surface area contributed by atoms with Crippen molar-refractivity contribution in [3.05, 3.63) is 24.4 Å². The average Bonchev–Trinajstić information content (AvgIpc) is 1.91. The van der Waals surface area contributed by atoms with Gasteiger partial charge in [0, 0.05) is 18.7 Å². The molecule has 0 amide bonds. The molecule has 0 spiro atoms. The van der Waals surface area contributed by atoms with Gasteiger partial charge in [0.1, 0.15) is 0 Å². The van der Waals surface area contributed by atoms with Gasteiger partial charge < -0.3 is 5.32 Å². The summed E-state index contributed by atoms with van der Waals surface area (Å²) in [6.07, 6.45) is 7.70. The molecule has 0 radical (unpaired) electrons. The zero-order chi connectivity index (χ0) is 6.53. The zero-order valence-corrected chi connectivity index (χ0v) is 5.69. The van der Waals surface area contributed by atoms with Gasteiger partial charge in [0.15, 0.2) is 0 Å². The van der Waals surface area contributed by atoms with Crippen LogP contribution in [0, 0.1) is 0 Å². The Morgan fingerprint density at radius 3 is 3.22 bits per heavy atom. The van der Waals surface area contributed by atoms with E-state index in [0.717, 1.165) is 13.0 Å². The van der Waals surface area contributed by atoms with E-state index >= 15 is 0 Å². The molecule has 9 heavy (non-hydrogen) atoms. The van der Waals surface area contributed by atoms with Gasteiger partial charge in [0.05, 0.1) is 0 Å². The highest BCUT2D eigenvalue weighted by Gasteiger charge is 1.97. The van der Waals surface area contributed by atoms with Crippen molar-refractivity contribution in [3.8, 4) is 0 Å². The molecule has 1 nitrogen and oxygen atoms in total. The maximum absolute atomic E-state index is 3.67. The van der Waals surface area contributed by atoms with Crippen LogP contribution in [0.5, 0.6) is 0 Å². The van der Waals surface area contributed by atoms with E-state index in [4.69, 9.17) is 0 Å². The van der Waals surface area contributed by atoms with Crippen LogP contribution in [0.1, 0.15) is 19.3 Å². The molecule has 1 aliphatic rings. The van der Waals surface area contributed by atoms with Crippen molar-refractivity contribution >= 4 is 0 Å². The van der Waals surface area contributed by atoms with Crippen LogP contribution in [-0.2, 0) is 0 Å². The lowest BCUT2D eigenvalue weighted by atomic mass is 10.1. The highest BCUT2D eigenvalue weighted by molar-refractivity contribution is 5.06. The lowest BCUT2D eigenvalue weighted by molar-refractivity contribution is 0.677. The molecular formula is C8H13N. The van der Waals surface area contributed by atoms with Crippen LogP contribution >= 0.6 is 0 Å². The van der Waals surface area contributed by atoms with Gasteiger partial charge in [-0.05, 0) is 12.8 Å². The molecule has 0 aromatic heterocycles. The lowest BCUT2D eigenvalue weighted by Gasteiger charge is -2.13. The summed E-state index contributed by atoms with van der Waals surface area (Å²) in [5, 5.41) is 3.31. The molecule has 1 N–H and O–H groups in total. The molecule has 0 aromatic carbocycles. The van der Waals surface area contributed by atoms with Crippen molar-refractivity contribution in [2.45, 2.75) is 19.3 Å². The first kappa shape index (κ1) is 6.40. The fourth-order valence-corrected chi connectivity index (χ4v) is 1.01. The summed E-state index contributed by atoms with van der Waals surface area (Å²) in [7, 11) is 0. The summed E-state index contributed by atoms with van der Waals surface area (Å²) in [5.74, 6) is 0. The van der Waals surface area contributed by atoms with Crippen molar-refractivity contribution in [1.29, 1.82) is 0 Å². The molecular weight excluding hydrogens is 110 g/mol. The molecule has 1 heteroatoms. The summed E-state index contributed by atoms with van der Waals surface area (Å²) in [6.45, 7) is 4.81. The first-order valence-corrected chi connectivity index (χ1v) is 3.47. The van der Waals surface area contributed by atoms with Gasteiger partial charge in [-0.15, -0.1) is 6.58 Å². The molecule has 1 aliphatic heterocycles. The minimum atomic E-state index is 1.00. The van der Waals surface area contributed by atoms with Crippen LogP contribution in [0.2, 0.25) is 0 Å². The predicted molar refractivity (Wildman–Crippen MR) is 40.1 cm³/mol. The second-order valence-electron chi connectivity index (χ2n) is 2.29. The fraction of sp³-hybridized carbons (Fsp3) is 0.500. The predicted octanol–water partition coefficient (Wildman–Crippen LogP) is 1.83. The third-order valence-corrected chi connectivity index (χ3v) is 1.49. The summed E-state index contributed by atoms with van der Waals surface area (Å²) >= 11 is 0. The largest absolute Gasteiger partial charge is 0.388 e. The molecule has 0 saturated carbocycles. The first-order valence-electron chi connectivity index (χ1n) is 3.47. The van der Waals surface area contributed by atoms with Gasteiger partial charge in [-0.1, -0.05) is 12.2 Å². The van der Waals surface area contributed by atoms with Crippen LogP contribution in [0.15, 0.2) is 24.4 Å². The fourth-order valence-electron chi connectivity index (χ4n) is 1.01. The standard InChI is InChI=1S/C8H13N/c1-2-5-8-6-3-4-7-9-8/h2,6,9H,1,3-5,7H2. The van der Waals surface area contributed by atoms with E-state index in [9.17, 15) is 0 Å². The van der Waals surface area contributed by atoms with Gasteiger partial charge in [0.2, 0.25) is 0 Å². The van der Waals surface area contributed by atoms with Gasteiger partial charge in [-0.3, -0.25) is 0 Å². The SMILES string of the molecule is C=CCC1=CCCCN1. The second-order valence-corrected chi connectivity index (χ2v) is 2.29. The van der Waals surface area contributed by atoms with E-state index in [2.05, 4.69) is 18.0 Å². The number of nitrogens with one attached hydrogen (secondary N) is 1. The van der Waals surface area contributed by atoms with Gasteiger partial charge in [0.25, 0.3) is 0 Å². The lowest BCUT2D eigenvalue weighted by Crippen LogP contribution is -2.17. The quantitative estimate of drug-likeness (QED) is 0.552. The van der Waals surface area contributed by atoms with E-state index in [1.807, 2.05) is 6.08 Å². The van der Waals surface area contributed by atoms with Crippen LogP contribution < -0.4 is 5.32 Å². The van der Waals surface area contributed by atoms with Crippen molar-refractivity contribution < 1.29 is 0 Å². The summed E-state index contributed by atoms with van der Waals surface area (Å²) in [5.41, 5.74) is 1.34. The van der Waals surface area contributed by atoms with E-state index in [1.54, 1.807) is 0 Å². The second kappa shape index (κ2) is 3.33. The van der Waals surface area contributed by atoms with Crippen molar-refractivity contribution in [1.82, 2.24) is 5.32 Å². The van der Waals surface area contributed by atoms with Crippen molar-refractivity contribution in [2.75, 3.05) is 6.54 Å². The van der Waals surface area contributed by atoms with Gasteiger partial charge in [-0.2, -0.15) is 0 Å². The normalized spacial score (nSPS) is 18.0. The Morgan fingerprint density at radius 2 is 2.67 bits per heavy atom. The average molecular weight is 123 g/mol. The van der Waals surface area contributed by atoms with Gasteiger partial charge >= 0.3 is 0 Å². The Morgan fingerprint density at radius 1 is 1.78 bits per heavy atom. The number of hydrogen-bond donors (Lipinski definition) is 1. The van der Waals surface area contributed by atoms with Crippen LogP contribution in [-0.4, -0.2) is 6.54 Å². The highest BCUT2D eigenvalue weighted by Crippen LogP contribution is 2.06. The van der Waals surface area contributed by atoms with E-state index < -0.39 is 0 Å². The summed E-state index contributed by atoms with van der Waals surface area (Å²) in [6, 6.07) is 0. The topological polar surface area (TPSA) is 12.0 Å². The Bertz CT molecular complexity index is 125. The monoisotopic (exact) mass is 123 g/mol. The summed E-state index contributed by atoms with van der Waals surface area (Å²) < 4.78 is 0. The zero-order valence-electron chi connectivity index (χ0n) is 5.69. The molecule has 0 unspecified atom stereocenters. The molecule has 0 fully saturated rings. The minimum absolute atomic E-state index is 1.00. The van der Waals surface area contributed by atoms with Crippen LogP contribution in [0.4, 0.5) is 0 Å². The maximum atomic E-state index is 3.67. The molecule has 0 bridgehead atoms. The van der Waals surface area contributed by atoms with Crippen LogP contribution in [0.25, 0.3) is 0 Å². The van der Waals surface area contributed by atoms with Gasteiger partial charge in [-0.25, -0.2) is 0 Å². The Hall–Kier alpha value is -0.720. The van der Waals surface area contributed by atoms with Crippen LogP contribution in [0.3, 0.4) is 0 Å². The Balaban J connectivity index is 2.36. The molecule has 0 saturated heterocycles. The molecule has 0 atom stereocenters. The maximum Gasteiger partial charge on any atom is 0.0146 e. The third kappa shape index (κ3) is 1.92. The van der Waals surface area contributed by atoms with E-state index in [0.29, 0.717) is 0 Å². The molecule has 0 aliphatic carbocycles. The summed E-state index contributed by atoms with van der Waals surface area (Å²) in [4.78, 5) is 0. The molecule has 1 rings (SSSR count). The third-order valence-electron chi connectivity index (χ3n) is 1.49. The number of rotatable bonds is 2. The van der Waals surface area contributed by atoms with E-state index in [-0.39, 0.29) is 0 Å². The number of hydrogen-bond acceptors (Lipinski definition) is 1.